The third kappa shape index (κ3) is 7.14. The smallest absolute Gasteiger partial charge is 0.417 e. The Morgan fingerprint density at radius 2 is 1.68 bits per heavy atom. The van der Waals surface area contributed by atoms with Crippen molar-refractivity contribution >= 4 is 23.5 Å². The zero-order valence-corrected chi connectivity index (χ0v) is 21.7. The van der Waals surface area contributed by atoms with Crippen molar-refractivity contribution in [3.63, 3.8) is 0 Å². The molecule has 0 heterocycles. The van der Waals surface area contributed by atoms with Crippen LogP contribution in [0.25, 0.3) is 0 Å². The molecule has 3 rings (SSSR count). The van der Waals surface area contributed by atoms with Gasteiger partial charge in [0.25, 0.3) is 5.91 Å². The second-order valence-corrected chi connectivity index (χ2v) is 9.82. The van der Waals surface area contributed by atoms with Gasteiger partial charge in [0, 0.05) is 17.0 Å². The van der Waals surface area contributed by atoms with Crippen LogP contribution in [0.1, 0.15) is 59.3 Å². The van der Waals surface area contributed by atoms with Crippen molar-refractivity contribution in [1.82, 2.24) is 5.32 Å². The zero-order valence-electron chi connectivity index (χ0n) is 21.0. The van der Waals surface area contributed by atoms with E-state index in [-0.39, 0.29) is 5.92 Å². The van der Waals surface area contributed by atoms with Crippen LogP contribution in [0.2, 0.25) is 5.02 Å². The lowest BCUT2D eigenvalue weighted by molar-refractivity contribution is -0.139. The maximum absolute atomic E-state index is 13.4. The molecular formula is C29H26ClF3N2O3. The number of benzene rings is 3. The van der Waals surface area contributed by atoms with Crippen LogP contribution in [0.5, 0.6) is 0 Å². The molecule has 0 fully saturated rings. The lowest BCUT2D eigenvalue weighted by atomic mass is 9.85. The zero-order chi connectivity index (χ0) is 28.1. The summed E-state index contributed by atoms with van der Waals surface area (Å²) in [5, 5.41) is 12.8. The highest BCUT2D eigenvalue weighted by atomic mass is 35.5. The van der Waals surface area contributed by atoms with E-state index in [2.05, 4.69) is 11.4 Å². The van der Waals surface area contributed by atoms with Gasteiger partial charge >= 0.3 is 12.1 Å². The number of carbonyl (C=O) groups is 2. The van der Waals surface area contributed by atoms with Crippen molar-refractivity contribution < 1.29 is 27.5 Å². The Balaban J connectivity index is 1.82. The van der Waals surface area contributed by atoms with Crippen LogP contribution in [0, 0.1) is 11.3 Å². The lowest BCUT2D eigenvalue weighted by Gasteiger charge is -2.30. The van der Waals surface area contributed by atoms with Gasteiger partial charge in [-0.25, -0.2) is 4.79 Å². The fourth-order valence-electron chi connectivity index (χ4n) is 4.02. The van der Waals surface area contributed by atoms with E-state index in [0.29, 0.717) is 17.0 Å². The van der Waals surface area contributed by atoms with Crippen molar-refractivity contribution in [3.8, 4) is 6.07 Å². The number of ether oxygens (including phenoxy) is 1. The molecule has 0 radical (unpaired) electrons. The summed E-state index contributed by atoms with van der Waals surface area (Å²) in [5.41, 5.74) is -1.39. The first-order valence-electron chi connectivity index (χ1n) is 11.8. The van der Waals surface area contributed by atoms with Crippen molar-refractivity contribution in [3.05, 3.63) is 106 Å². The highest BCUT2D eigenvalue weighted by Crippen LogP contribution is 2.33. The van der Waals surface area contributed by atoms with E-state index in [1.54, 1.807) is 37.3 Å². The van der Waals surface area contributed by atoms with E-state index in [0.717, 1.165) is 23.3 Å². The molecule has 38 heavy (non-hydrogen) atoms. The van der Waals surface area contributed by atoms with E-state index in [4.69, 9.17) is 16.3 Å². The van der Waals surface area contributed by atoms with Crippen LogP contribution in [0.15, 0.2) is 72.8 Å². The van der Waals surface area contributed by atoms with Gasteiger partial charge in [0.05, 0.1) is 22.8 Å². The number of rotatable bonds is 8. The first kappa shape index (κ1) is 28.7. The van der Waals surface area contributed by atoms with Gasteiger partial charge in [0.1, 0.15) is 0 Å². The van der Waals surface area contributed by atoms with Gasteiger partial charge in [-0.15, -0.1) is 0 Å². The summed E-state index contributed by atoms with van der Waals surface area (Å²) in [5.74, 6) is -2.23. The molecule has 5 nitrogen and oxygen atoms in total. The number of hydrogen-bond acceptors (Lipinski definition) is 4. The van der Waals surface area contributed by atoms with Gasteiger partial charge in [0.2, 0.25) is 0 Å². The number of nitrogens with zero attached hydrogens (tertiary/aromatic N) is 1. The van der Waals surface area contributed by atoms with Crippen molar-refractivity contribution in [1.29, 1.82) is 5.26 Å². The first-order chi connectivity index (χ1) is 17.8. The normalized spacial score (nSPS) is 13.2. The Morgan fingerprint density at radius 1 is 1.03 bits per heavy atom. The maximum atomic E-state index is 13.4. The molecular weight excluding hydrogens is 517 g/mol. The molecule has 0 aliphatic carbocycles. The number of esters is 1. The summed E-state index contributed by atoms with van der Waals surface area (Å²) in [7, 11) is 0. The summed E-state index contributed by atoms with van der Waals surface area (Å²) in [6.07, 6.45) is -4.27. The quantitative estimate of drug-likeness (QED) is 0.321. The predicted octanol–water partition coefficient (Wildman–Crippen LogP) is 6.70. The molecule has 0 unspecified atom stereocenters. The van der Waals surface area contributed by atoms with Crippen LogP contribution < -0.4 is 5.32 Å². The van der Waals surface area contributed by atoms with E-state index >= 15 is 0 Å². The molecule has 0 spiro atoms. The third-order valence-electron chi connectivity index (χ3n) is 6.12. The molecule has 3 aromatic carbocycles. The number of nitriles is 1. The summed E-state index contributed by atoms with van der Waals surface area (Å²) in [6, 6.07) is 20.1. The molecule has 0 saturated carbocycles. The summed E-state index contributed by atoms with van der Waals surface area (Å²) < 4.78 is 45.4. The molecule has 3 aromatic rings. The fraction of sp³-hybridized carbons (Fsp3) is 0.276. The summed E-state index contributed by atoms with van der Waals surface area (Å²) in [4.78, 5) is 25.9. The number of halogens is 4. The van der Waals surface area contributed by atoms with Crippen LogP contribution in [-0.2, 0) is 22.1 Å². The Hall–Kier alpha value is -3.83. The largest absolute Gasteiger partial charge is 0.446 e. The minimum absolute atomic E-state index is 0.286. The Bertz CT molecular complexity index is 1350. The van der Waals surface area contributed by atoms with Crippen LogP contribution in [-0.4, -0.2) is 23.5 Å². The number of hydrogen-bond donors (Lipinski definition) is 1. The van der Waals surface area contributed by atoms with E-state index < -0.39 is 40.8 Å². The van der Waals surface area contributed by atoms with Crippen LogP contribution >= 0.6 is 11.6 Å². The molecule has 1 amide bonds. The van der Waals surface area contributed by atoms with Crippen LogP contribution in [0.3, 0.4) is 0 Å². The molecule has 0 aliphatic heterocycles. The number of alkyl halides is 3. The highest BCUT2D eigenvalue weighted by Gasteiger charge is 2.39. The fourth-order valence-corrected chi connectivity index (χ4v) is 4.15. The van der Waals surface area contributed by atoms with Crippen molar-refractivity contribution in [2.45, 2.75) is 50.9 Å². The van der Waals surface area contributed by atoms with E-state index in [1.165, 1.54) is 26.0 Å². The maximum Gasteiger partial charge on any atom is 0.417 e. The molecule has 0 saturated heterocycles. The molecule has 9 heteroatoms. The average Bonchev–Trinajstić information content (AvgIpc) is 2.87. The first-order valence-corrected chi connectivity index (χ1v) is 12.1. The molecule has 0 aromatic heterocycles. The average molecular weight is 543 g/mol. The highest BCUT2D eigenvalue weighted by molar-refractivity contribution is 6.30. The van der Waals surface area contributed by atoms with Gasteiger partial charge in [-0.1, -0.05) is 48.0 Å². The lowest BCUT2D eigenvalue weighted by Crippen LogP contribution is -2.50. The standard InChI is InChI=1S/C29H26ClF3N2O3/c1-18(24(16-19-11-13-22(30)14-12-19)21-8-6-7-20(15-21)17-34)35-27(37)28(2,3)38-26(36)23-9-4-5-10-25(23)29(31,32)33/h4-15,18,24H,16H2,1-3H3,(H,35,37)/t18-,24+/m0/s1. The monoisotopic (exact) mass is 542 g/mol. The Morgan fingerprint density at radius 3 is 2.32 bits per heavy atom. The van der Waals surface area contributed by atoms with Crippen molar-refractivity contribution in [2.75, 3.05) is 0 Å². The van der Waals surface area contributed by atoms with E-state index in [1.807, 2.05) is 18.2 Å². The number of carbonyl (C=O) groups excluding carboxylic acids is 2. The van der Waals surface area contributed by atoms with Gasteiger partial charge < -0.3 is 10.1 Å². The van der Waals surface area contributed by atoms with Gasteiger partial charge in [-0.2, -0.15) is 18.4 Å². The van der Waals surface area contributed by atoms with E-state index in [9.17, 15) is 28.0 Å². The van der Waals surface area contributed by atoms with Crippen LogP contribution in [0.4, 0.5) is 13.2 Å². The minimum Gasteiger partial charge on any atom is -0.446 e. The third-order valence-corrected chi connectivity index (χ3v) is 6.37. The summed E-state index contributed by atoms with van der Waals surface area (Å²) >= 11 is 6.01. The summed E-state index contributed by atoms with van der Waals surface area (Å²) in [6.45, 7) is 4.40. The van der Waals surface area contributed by atoms with Gasteiger partial charge in [-0.3, -0.25) is 4.79 Å². The molecule has 198 valence electrons. The number of amides is 1. The van der Waals surface area contributed by atoms with Gasteiger partial charge in [0.15, 0.2) is 5.60 Å². The van der Waals surface area contributed by atoms with Gasteiger partial charge in [-0.05, 0) is 74.7 Å². The minimum atomic E-state index is -4.76. The SMILES string of the molecule is C[C@H](NC(=O)C(C)(C)OC(=O)c1ccccc1C(F)(F)F)[C@@H](Cc1ccc(Cl)cc1)c1cccc(C#N)c1. The molecule has 2 atom stereocenters. The molecule has 0 bridgehead atoms. The predicted molar refractivity (Wildman–Crippen MR) is 138 cm³/mol. The molecule has 0 aliphatic rings. The van der Waals surface area contributed by atoms with Crippen molar-refractivity contribution in [2.24, 2.45) is 0 Å². The Kier molecular flexibility index (Phi) is 8.85. The second kappa shape index (κ2) is 11.7. The molecule has 1 N–H and O–H groups in total. The second-order valence-electron chi connectivity index (χ2n) is 9.38. The number of nitrogens with one attached hydrogen (secondary N) is 1. The Labute approximate surface area is 224 Å². The topological polar surface area (TPSA) is 79.2 Å².